The summed E-state index contributed by atoms with van der Waals surface area (Å²) < 4.78 is 4.98. The Bertz CT molecular complexity index is 520. The number of aromatic amines is 1. The monoisotopic (exact) mass is 267 g/mol. The van der Waals surface area contributed by atoms with Crippen LogP contribution in [0.25, 0.3) is 0 Å². The second kappa shape index (κ2) is 5.29. The van der Waals surface area contributed by atoms with Crippen molar-refractivity contribution < 1.29 is 14.6 Å². The van der Waals surface area contributed by atoms with Gasteiger partial charge in [0.15, 0.2) is 5.82 Å². The summed E-state index contributed by atoms with van der Waals surface area (Å²) in [6.07, 6.45) is 4.96. The largest absolute Gasteiger partial charge is 0.489 e. The maximum Gasteiger partial charge on any atom is 0.329 e. The number of methoxy groups -OCH3 is 1. The molecule has 19 heavy (non-hydrogen) atoms. The van der Waals surface area contributed by atoms with Gasteiger partial charge in [0.1, 0.15) is 5.54 Å². The van der Waals surface area contributed by atoms with Crippen LogP contribution in [0.4, 0.5) is 5.82 Å². The highest BCUT2D eigenvalue weighted by molar-refractivity contribution is 5.83. The van der Waals surface area contributed by atoms with Gasteiger partial charge in [-0.15, -0.1) is 0 Å². The van der Waals surface area contributed by atoms with Gasteiger partial charge < -0.3 is 20.1 Å². The van der Waals surface area contributed by atoms with Crippen LogP contribution in [-0.2, 0) is 4.79 Å². The van der Waals surface area contributed by atoms with E-state index in [1.807, 2.05) is 0 Å². The van der Waals surface area contributed by atoms with Crippen molar-refractivity contribution in [2.75, 3.05) is 12.4 Å². The van der Waals surface area contributed by atoms with Crippen molar-refractivity contribution >= 4 is 11.8 Å². The lowest BCUT2D eigenvalue weighted by Crippen LogP contribution is -2.48. The first kappa shape index (κ1) is 13.4. The number of anilines is 1. The van der Waals surface area contributed by atoms with Gasteiger partial charge in [-0.2, -0.15) is 0 Å². The predicted molar refractivity (Wildman–Crippen MR) is 68.5 cm³/mol. The molecule has 0 aliphatic heterocycles. The average Bonchev–Trinajstić information content (AvgIpc) is 2.40. The first-order valence-electron chi connectivity index (χ1n) is 6.22. The van der Waals surface area contributed by atoms with Crippen LogP contribution in [0.3, 0.4) is 0 Å². The number of aliphatic carboxylic acids is 1. The van der Waals surface area contributed by atoms with Crippen LogP contribution in [0.5, 0.6) is 5.75 Å². The molecule has 0 unspecified atom stereocenters. The molecule has 1 fully saturated rings. The number of aromatic nitrogens is 2. The molecule has 0 bridgehead atoms. The number of hydrogen-bond acceptors (Lipinski definition) is 5. The molecule has 7 nitrogen and oxygen atoms in total. The summed E-state index contributed by atoms with van der Waals surface area (Å²) in [6.45, 7) is 0. The van der Waals surface area contributed by atoms with E-state index in [0.29, 0.717) is 12.8 Å². The van der Waals surface area contributed by atoms with Gasteiger partial charge >= 0.3 is 5.97 Å². The van der Waals surface area contributed by atoms with Gasteiger partial charge in [0.25, 0.3) is 5.56 Å². The van der Waals surface area contributed by atoms with Gasteiger partial charge in [-0.3, -0.25) is 4.79 Å². The molecule has 104 valence electrons. The first-order chi connectivity index (χ1) is 9.09. The van der Waals surface area contributed by atoms with Gasteiger partial charge in [-0.1, -0.05) is 19.3 Å². The van der Waals surface area contributed by atoms with Crippen LogP contribution in [0, 0.1) is 0 Å². The Hall–Kier alpha value is -2.05. The van der Waals surface area contributed by atoms with E-state index in [4.69, 9.17) is 4.74 Å². The number of ether oxygens (including phenoxy) is 1. The SMILES string of the molecule is COc1c(NC2(C(=O)O)CCCCC2)nc[nH]c1=O. The molecule has 1 saturated carbocycles. The quantitative estimate of drug-likeness (QED) is 0.751. The van der Waals surface area contributed by atoms with Crippen molar-refractivity contribution in [3.63, 3.8) is 0 Å². The zero-order valence-electron chi connectivity index (χ0n) is 10.7. The number of hydrogen-bond donors (Lipinski definition) is 3. The second-order valence-electron chi connectivity index (χ2n) is 4.69. The van der Waals surface area contributed by atoms with Gasteiger partial charge in [0.2, 0.25) is 5.75 Å². The topological polar surface area (TPSA) is 104 Å². The maximum absolute atomic E-state index is 11.6. The van der Waals surface area contributed by atoms with E-state index in [0.717, 1.165) is 19.3 Å². The molecule has 2 rings (SSSR count). The lowest BCUT2D eigenvalue weighted by atomic mass is 9.81. The number of nitrogens with zero attached hydrogens (tertiary/aromatic N) is 1. The third kappa shape index (κ3) is 2.54. The molecule has 1 aromatic heterocycles. The lowest BCUT2D eigenvalue weighted by molar-refractivity contribution is -0.143. The van der Waals surface area contributed by atoms with Crippen molar-refractivity contribution in [3.8, 4) is 5.75 Å². The fraction of sp³-hybridized carbons (Fsp3) is 0.583. The summed E-state index contributed by atoms with van der Waals surface area (Å²) in [6, 6.07) is 0. The van der Waals surface area contributed by atoms with Crippen molar-refractivity contribution in [2.24, 2.45) is 0 Å². The number of carboxylic acids is 1. The molecule has 0 spiro atoms. The van der Waals surface area contributed by atoms with E-state index in [9.17, 15) is 14.7 Å². The summed E-state index contributed by atoms with van der Waals surface area (Å²) in [5, 5.41) is 12.4. The fourth-order valence-electron chi connectivity index (χ4n) is 2.44. The fourth-order valence-corrected chi connectivity index (χ4v) is 2.44. The molecular formula is C12H17N3O4. The van der Waals surface area contributed by atoms with E-state index in [1.54, 1.807) is 0 Å². The zero-order chi connectivity index (χ0) is 13.9. The Morgan fingerprint density at radius 2 is 2.16 bits per heavy atom. The molecule has 0 atom stereocenters. The predicted octanol–water partition coefficient (Wildman–Crippen LogP) is 0.978. The Morgan fingerprint density at radius 3 is 2.74 bits per heavy atom. The first-order valence-corrected chi connectivity index (χ1v) is 6.22. The molecule has 0 radical (unpaired) electrons. The van der Waals surface area contributed by atoms with Crippen molar-refractivity contribution in [1.29, 1.82) is 0 Å². The van der Waals surface area contributed by atoms with Crippen molar-refractivity contribution in [3.05, 3.63) is 16.7 Å². The smallest absolute Gasteiger partial charge is 0.329 e. The number of rotatable bonds is 4. The summed E-state index contributed by atoms with van der Waals surface area (Å²) in [5.41, 5.74) is -1.50. The van der Waals surface area contributed by atoms with Gasteiger partial charge in [0, 0.05) is 0 Å². The molecular weight excluding hydrogens is 250 g/mol. The molecule has 1 heterocycles. The van der Waals surface area contributed by atoms with Crippen LogP contribution in [0.2, 0.25) is 0 Å². The summed E-state index contributed by atoms with van der Waals surface area (Å²) in [5.74, 6) is -0.736. The molecule has 1 aliphatic rings. The Labute approximate surface area is 110 Å². The molecule has 0 amide bonds. The van der Waals surface area contributed by atoms with E-state index < -0.39 is 17.1 Å². The normalized spacial score (nSPS) is 17.7. The molecule has 0 saturated heterocycles. The van der Waals surface area contributed by atoms with Crippen LogP contribution in [0.1, 0.15) is 32.1 Å². The Balaban J connectivity index is 2.35. The third-order valence-corrected chi connectivity index (χ3v) is 3.49. The van der Waals surface area contributed by atoms with Crippen LogP contribution in [-0.4, -0.2) is 33.7 Å². The number of carboxylic acid groups (broad SMARTS) is 1. The minimum atomic E-state index is -1.06. The van der Waals surface area contributed by atoms with Crippen LogP contribution >= 0.6 is 0 Å². The zero-order valence-corrected chi connectivity index (χ0v) is 10.7. The van der Waals surface area contributed by atoms with Crippen LogP contribution in [0.15, 0.2) is 11.1 Å². The molecule has 0 aromatic carbocycles. The van der Waals surface area contributed by atoms with E-state index in [2.05, 4.69) is 15.3 Å². The summed E-state index contributed by atoms with van der Waals surface area (Å²) in [4.78, 5) is 29.5. The Morgan fingerprint density at radius 1 is 1.47 bits per heavy atom. The van der Waals surface area contributed by atoms with Crippen LogP contribution < -0.4 is 15.6 Å². The van der Waals surface area contributed by atoms with E-state index in [1.165, 1.54) is 13.4 Å². The average molecular weight is 267 g/mol. The highest BCUT2D eigenvalue weighted by atomic mass is 16.5. The van der Waals surface area contributed by atoms with Crippen molar-refractivity contribution in [2.45, 2.75) is 37.6 Å². The number of H-pyrrole nitrogens is 1. The van der Waals surface area contributed by atoms with E-state index >= 15 is 0 Å². The lowest BCUT2D eigenvalue weighted by Gasteiger charge is -2.34. The standard InChI is InChI=1S/C12H17N3O4/c1-19-8-9(13-7-14-10(8)16)15-12(11(17)18)5-3-2-4-6-12/h7H,2-6H2,1H3,(H,17,18)(H2,13,14,15,16). The van der Waals surface area contributed by atoms with E-state index in [-0.39, 0.29) is 11.6 Å². The highest BCUT2D eigenvalue weighted by Crippen LogP contribution is 2.33. The highest BCUT2D eigenvalue weighted by Gasteiger charge is 2.40. The molecule has 7 heteroatoms. The maximum atomic E-state index is 11.6. The second-order valence-corrected chi connectivity index (χ2v) is 4.69. The Kier molecular flexibility index (Phi) is 3.73. The number of carbonyl (C=O) groups is 1. The minimum Gasteiger partial charge on any atom is -0.489 e. The van der Waals surface area contributed by atoms with Gasteiger partial charge in [-0.05, 0) is 12.8 Å². The number of nitrogens with one attached hydrogen (secondary N) is 2. The minimum absolute atomic E-state index is 0.00805. The van der Waals surface area contributed by atoms with Crippen molar-refractivity contribution in [1.82, 2.24) is 9.97 Å². The molecule has 1 aromatic rings. The molecule has 1 aliphatic carbocycles. The van der Waals surface area contributed by atoms with Gasteiger partial charge in [0.05, 0.1) is 13.4 Å². The van der Waals surface area contributed by atoms with Gasteiger partial charge in [-0.25, -0.2) is 9.78 Å². The summed E-state index contributed by atoms with van der Waals surface area (Å²) in [7, 11) is 1.35. The summed E-state index contributed by atoms with van der Waals surface area (Å²) >= 11 is 0. The third-order valence-electron chi connectivity index (χ3n) is 3.49. The molecule has 3 N–H and O–H groups in total.